The number of hydrogen-bond acceptors (Lipinski definition) is 5. The van der Waals surface area contributed by atoms with E-state index in [1.165, 1.54) is 0 Å². The molecule has 0 aliphatic carbocycles. The number of aromatic nitrogens is 1. The van der Waals surface area contributed by atoms with Crippen LogP contribution in [0.25, 0.3) is 10.9 Å². The first kappa shape index (κ1) is 19.2. The molecule has 29 heavy (non-hydrogen) atoms. The molecule has 7 heteroatoms. The highest BCUT2D eigenvalue weighted by atomic mass is 35.5. The van der Waals surface area contributed by atoms with E-state index in [4.69, 9.17) is 43.1 Å². The van der Waals surface area contributed by atoms with Gasteiger partial charge in [-0.1, -0.05) is 23.2 Å². The lowest BCUT2D eigenvalue weighted by molar-refractivity contribution is 0.381. The number of methoxy groups -OCH3 is 1. The normalized spacial score (nSPS) is 10.7. The Kier molecular flexibility index (Phi) is 5.34. The molecule has 0 aliphatic heterocycles. The van der Waals surface area contributed by atoms with Crippen LogP contribution in [0.1, 0.15) is 0 Å². The third kappa shape index (κ3) is 4.16. The summed E-state index contributed by atoms with van der Waals surface area (Å²) in [5.74, 6) is 2.63. The molecule has 0 amide bonds. The van der Waals surface area contributed by atoms with Crippen molar-refractivity contribution in [2.75, 3.05) is 12.8 Å². The van der Waals surface area contributed by atoms with E-state index in [1.54, 1.807) is 67.8 Å². The Labute approximate surface area is 177 Å². The maximum absolute atomic E-state index is 6.21. The molecule has 5 nitrogen and oxygen atoms in total. The molecule has 1 heterocycles. The van der Waals surface area contributed by atoms with Gasteiger partial charge in [-0.05, 0) is 54.6 Å². The monoisotopic (exact) mass is 426 g/mol. The van der Waals surface area contributed by atoms with E-state index in [-0.39, 0.29) is 0 Å². The lowest BCUT2D eigenvalue weighted by atomic mass is 10.1. The van der Waals surface area contributed by atoms with Crippen LogP contribution >= 0.6 is 23.2 Å². The summed E-state index contributed by atoms with van der Waals surface area (Å²) in [5.41, 5.74) is 7.20. The van der Waals surface area contributed by atoms with E-state index in [2.05, 4.69) is 4.98 Å². The van der Waals surface area contributed by atoms with Crippen molar-refractivity contribution in [3.05, 3.63) is 76.8 Å². The molecule has 0 aliphatic rings. The average molecular weight is 427 g/mol. The molecule has 2 N–H and O–H groups in total. The first-order chi connectivity index (χ1) is 14.0. The molecule has 0 fully saturated rings. The number of nitrogen functional groups attached to an aromatic ring is 1. The Balaban J connectivity index is 1.75. The minimum absolute atomic E-state index is 0.397. The molecule has 0 atom stereocenters. The number of halogens is 2. The van der Waals surface area contributed by atoms with Gasteiger partial charge >= 0.3 is 0 Å². The maximum atomic E-state index is 6.21. The molecule has 4 rings (SSSR count). The fraction of sp³-hybridized carbons (Fsp3) is 0.0455. The quantitative estimate of drug-likeness (QED) is 0.358. The van der Waals surface area contributed by atoms with Crippen molar-refractivity contribution in [3.63, 3.8) is 0 Å². The van der Waals surface area contributed by atoms with E-state index < -0.39 is 0 Å². The zero-order valence-electron chi connectivity index (χ0n) is 15.4. The lowest BCUT2D eigenvalue weighted by Gasteiger charge is -2.15. The third-order valence-electron chi connectivity index (χ3n) is 4.19. The van der Waals surface area contributed by atoms with Crippen LogP contribution in [-0.4, -0.2) is 12.1 Å². The van der Waals surface area contributed by atoms with Gasteiger partial charge in [0, 0.05) is 27.6 Å². The van der Waals surface area contributed by atoms with E-state index >= 15 is 0 Å². The number of nitrogens with two attached hydrogens (primary N) is 1. The number of nitrogens with zero attached hydrogens (tertiary/aromatic N) is 1. The van der Waals surface area contributed by atoms with Crippen molar-refractivity contribution < 1.29 is 14.2 Å². The number of anilines is 1. The molecular formula is C22H16Cl2N2O3. The van der Waals surface area contributed by atoms with Crippen LogP contribution in [0.4, 0.5) is 5.69 Å². The van der Waals surface area contributed by atoms with Gasteiger partial charge in [-0.15, -0.1) is 0 Å². The van der Waals surface area contributed by atoms with Crippen molar-refractivity contribution >= 4 is 39.8 Å². The first-order valence-electron chi connectivity index (χ1n) is 8.67. The van der Waals surface area contributed by atoms with Crippen LogP contribution < -0.4 is 19.9 Å². The van der Waals surface area contributed by atoms with E-state index in [9.17, 15) is 0 Å². The van der Waals surface area contributed by atoms with Gasteiger partial charge in [0.25, 0.3) is 0 Å². The Morgan fingerprint density at radius 2 is 1.38 bits per heavy atom. The minimum Gasteiger partial charge on any atom is -0.493 e. The minimum atomic E-state index is 0.397. The highest BCUT2D eigenvalue weighted by Crippen LogP contribution is 2.42. The second kappa shape index (κ2) is 8.07. The Bertz CT molecular complexity index is 1160. The number of fused-ring (bicyclic) bond motifs is 1. The Morgan fingerprint density at radius 1 is 0.793 bits per heavy atom. The van der Waals surface area contributed by atoms with Crippen molar-refractivity contribution in [1.82, 2.24) is 4.98 Å². The predicted molar refractivity (Wildman–Crippen MR) is 116 cm³/mol. The second-order valence-electron chi connectivity index (χ2n) is 6.15. The van der Waals surface area contributed by atoms with Gasteiger partial charge in [0.2, 0.25) is 5.88 Å². The predicted octanol–water partition coefficient (Wildman–Crippen LogP) is 6.72. The smallest absolute Gasteiger partial charge is 0.219 e. The van der Waals surface area contributed by atoms with Crippen LogP contribution in [0.3, 0.4) is 0 Å². The van der Waals surface area contributed by atoms with Crippen LogP contribution in [0.5, 0.6) is 28.9 Å². The molecular weight excluding hydrogens is 411 g/mol. The topological polar surface area (TPSA) is 66.6 Å². The van der Waals surface area contributed by atoms with Gasteiger partial charge in [-0.2, -0.15) is 0 Å². The van der Waals surface area contributed by atoms with Crippen LogP contribution in [-0.2, 0) is 0 Å². The summed E-state index contributed by atoms with van der Waals surface area (Å²) < 4.78 is 17.3. The third-order valence-corrected chi connectivity index (χ3v) is 4.69. The standard InChI is InChI=1S/C22H16Cl2N2O3/c1-27-19-12-18(25)21-17(22(19)29-16-8-4-14(24)5-9-16)10-11-20(26-21)28-15-6-2-13(23)3-7-15/h2-12H,25H2,1H3. The SMILES string of the molecule is COc1cc(N)c2nc(Oc3ccc(Cl)cc3)ccc2c1Oc1ccc(Cl)cc1. The Hall–Kier alpha value is -3.15. The van der Waals surface area contributed by atoms with Crippen molar-refractivity contribution in [2.45, 2.75) is 0 Å². The van der Waals surface area contributed by atoms with E-state index in [0.29, 0.717) is 55.5 Å². The Morgan fingerprint density at radius 3 is 1.97 bits per heavy atom. The maximum Gasteiger partial charge on any atom is 0.219 e. The number of benzene rings is 3. The highest BCUT2D eigenvalue weighted by molar-refractivity contribution is 6.30. The highest BCUT2D eigenvalue weighted by Gasteiger charge is 2.16. The fourth-order valence-electron chi connectivity index (χ4n) is 2.81. The summed E-state index contributed by atoms with van der Waals surface area (Å²) in [6.07, 6.45) is 0. The molecule has 3 aromatic carbocycles. The lowest BCUT2D eigenvalue weighted by Crippen LogP contribution is -1.98. The fourth-order valence-corrected chi connectivity index (χ4v) is 3.06. The zero-order chi connectivity index (χ0) is 20.4. The number of ether oxygens (including phenoxy) is 3. The van der Waals surface area contributed by atoms with Gasteiger partial charge in [-0.25, -0.2) is 4.98 Å². The number of hydrogen-bond donors (Lipinski definition) is 1. The molecule has 4 aromatic rings. The van der Waals surface area contributed by atoms with Gasteiger partial charge in [-0.3, -0.25) is 0 Å². The first-order valence-corrected chi connectivity index (χ1v) is 9.43. The van der Waals surface area contributed by atoms with Crippen LogP contribution in [0, 0.1) is 0 Å². The summed E-state index contributed by atoms with van der Waals surface area (Å²) in [4.78, 5) is 4.55. The molecule has 0 radical (unpaired) electrons. The molecule has 146 valence electrons. The number of pyridine rings is 1. The zero-order valence-corrected chi connectivity index (χ0v) is 16.9. The van der Waals surface area contributed by atoms with Gasteiger partial charge < -0.3 is 19.9 Å². The summed E-state index contributed by atoms with van der Waals surface area (Å²) in [6.45, 7) is 0. The molecule has 0 bridgehead atoms. The summed E-state index contributed by atoms with van der Waals surface area (Å²) in [7, 11) is 1.56. The summed E-state index contributed by atoms with van der Waals surface area (Å²) in [6, 6.07) is 19.3. The van der Waals surface area contributed by atoms with Gasteiger partial charge in [0.1, 0.15) is 17.0 Å². The van der Waals surface area contributed by atoms with Crippen molar-refractivity contribution in [1.29, 1.82) is 0 Å². The molecule has 0 spiro atoms. The summed E-state index contributed by atoms with van der Waals surface area (Å²) >= 11 is 11.9. The molecule has 1 aromatic heterocycles. The van der Waals surface area contributed by atoms with Crippen molar-refractivity contribution in [2.24, 2.45) is 0 Å². The molecule has 0 saturated carbocycles. The number of rotatable bonds is 5. The van der Waals surface area contributed by atoms with Crippen LogP contribution in [0.15, 0.2) is 66.7 Å². The average Bonchev–Trinajstić information content (AvgIpc) is 2.73. The largest absolute Gasteiger partial charge is 0.493 e. The summed E-state index contributed by atoms with van der Waals surface area (Å²) in [5, 5.41) is 1.95. The molecule has 0 saturated heterocycles. The van der Waals surface area contributed by atoms with Gasteiger partial charge in [0.15, 0.2) is 11.5 Å². The van der Waals surface area contributed by atoms with Gasteiger partial charge in [0.05, 0.1) is 12.8 Å². The van der Waals surface area contributed by atoms with E-state index in [0.717, 1.165) is 0 Å². The second-order valence-corrected chi connectivity index (χ2v) is 7.03. The molecule has 0 unspecified atom stereocenters. The van der Waals surface area contributed by atoms with Crippen molar-refractivity contribution in [3.8, 4) is 28.9 Å². The van der Waals surface area contributed by atoms with E-state index in [1.807, 2.05) is 6.07 Å². The van der Waals surface area contributed by atoms with Crippen LogP contribution in [0.2, 0.25) is 10.0 Å².